The maximum absolute atomic E-state index is 2.36. The molecule has 1 aromatic carbocycles. The summed E-state index contributed by atoms with van der Waals surface area (Å²) >= 11 is 0. The van der Waals surface area contributed by atoms with E-state index in [0.717, 1.165) is 13.1 Å². The van der Waals surface area contributed by atoms with E-state index in [2.05, 4.69) is 51.8 Å². The summed E-state index contributed by atoms with van der Waals surface area (Å²) in [5, 5.41) is 0. The zero-order chi connectivity index (χ0) is 11.4. The topological polar surface area (TPSA) is 3.24 Å². The summed E-state index contributed by atoms with van der Waals surface area (Å²) in [7, 11) is 2.18. The average molecular weight is 205 g/mol. The van der Waals surface area contributed by atoms with Gasteiger partial charge in [-0.3, -0.25) is 0 Å². The van der Waals surface area contributed by atoms with Crippen molar-refractivity contribution in [3.63, 3.8) is 0 Å². The van der Waals surface area contributed by atoms with Crippen LogP contribution in [-0.4, -0.2) is 25.0 Å². The van der Waals surface area contributed by atoms with Crippen molar-refractivity contribution in [2.75, 3.05) is 20.1 Å². The summed E-state index contributed by atoms with van der Waals surface area (Å²) in [6.45, 7) is 11.1. The van der Waals surface area contributed by atoms with Crippen molar-refractivity contribution in [2.45, 2.75) is 34.1 Å². The normalized spacial score (nSPS) is 11.1. The van der Waals surface area contributed by atoms with Crippen molar-refractivity contribution < 1.29 is 0 Å². The summed E-state index contributed by atoms with van der Waals surface area (Å²) in [5.74, 6) is 0. The Kier molecular flexibility index (Phi) is 4.34. The molecule has 0 amide bonds. The van der Waals surface area contributed by atoms with Crippen molar-refractivity contribution in [3.8, 4) is 0 Å². The van der Waals surface area contributed by atoms with E-state index in [-0.39, 0.29) is 0 Å². The second kappa shape index (κ2) is 5.32. The highest BCUT2D eigenvalue weighted by Crippen LogP contribution is 2.16. The quantitative estimate of drug-likeness (QED) is 0.730. The van der Waals surface area contributed by atoms with Gasteiger partial charge in [-0.25, -0.2) is 0 Å². The number of hydrogen-bond acceptors (Lipinski definition) is 1. The van der Waals surface area contributed by atoms with Crippen LogP contribution in [0.1, 0.15) is 29.2 Å². The Hall–Kier alpha value is -0.820. The van der Waals surface area contributed by atoms with Gasteiger partial charge < -0.3 is 4.90 Å². The van der Waals surface area contributed by atoms with Crippen LogP contribution in [-0.2, 0) is 6.42 Å². The summed E-state index contributed by atoms with van der Waals surface area (Å²) in [6, 6.07) is 4.57. The van der Waals surface area contributed by atoms with Gasteiger partial charge in [0, 0.05) is 6.54 Å². The van der Waals surface area contributed by atoms with Crippen molar-refractivity contribution in [1.29, 1.82) is 0 Å². The lowest BCUT2D eigenvalue weighted by molar-refractivity contribution is 0.357. The van der Waals surface area contributed by atoms with Gasteiger partial charge in [-0.15, -0.1) is 0 Å². The third-order valence-corrected chi connectivity index (χ3v) is 3.12. The molecule has 0 aliphatic rings. The second-order valence-corrected chi connectivity index (χ2v) is 4.52. The van der Waals surface area contributed by atoms with Crippen molar-refractivity contribution in [3.05, 3.63) is 34.4 Å². The summed E-state index contributed by atoms with van der Waals surface area (Å²) in [6.07, 6.45) is 1.17. The molecule has 0 heterocycles. The number of nitrogens with zero attached hydrogens (tertiary/aromatic N) is 1. The minimum Gasteiger partial charge on any atom is -0.306 e. The lowest BCUT2D eigenvalue weighted by Gasteiger charge is -2.16. The van der Waals surface area contributed by atoms with Crippen LogP contribution in [0.4, 0.5) is 0 Å². The first-order valence-corrected chi connectivity index (χ1v) is 5.80. The van der Waals surface area contributed by atoms with Gasteiger partial charge >= 0.3 is 0 Å². The minimum absolute atomic E-state index is 1.13. The molecule has 0 radical (unpaired) electrons. The lowest BCUT2D eigenvalue weighted by Crippen LogP contribution is -2.21. The Bertz CT molecular complexity index is 305. The van der Waals surface area contributed by atoms with E-state index in [1.54, 1.807) is 0 Å². The van der Waals surface area contributed by atoms with Crippen LogP contribution >= 0.6 is 0 Å². The molecular weight excluding hydrogens is 182 g/mol. The Labute approximate surface area is 94.1 Å². The van der Waals surface area contributed by atoms with Gasteiger partial charge in [0.2, 0.25) is 0 Å². The second-order valence-electron chi connectivity index (χ2n) is 4.52. The van der Waals surface area contributed by atoms with Crippen LogP contribution in [0.2, 0.25) is 0 Å². The first-order valence-electron chi connectivity index (χ1n) is 5.80. The van der Waals surface area contributed by atoms with Crippen molar-refractivity contribution >= 4 is 0 Å². The Morgan fingerprint density at radius 3 is 2.07 bits per heavy atom. The molecule has 1 rings (SSSR count). The molecule has 0 aliphatic carbocycles. The molecule has 0 saturated heterocycles. The zero-order valence-electron chi connectivity index (χ0n) is 10.7. The third kappa shape index (κ3) is 3.35. The van der Waals surface area contributed by atoms with Crippen LogP contribution < -0.4 is 0 Å². The van der Waals surface area contributed by atoms with E-state index in [1.165, 1.54) is 28.7 Å². The molecule has 15 heavy (non-hydrogen) atoms. The van der Waals surface area contributed by atoms with Gasteiger partial charge in [-0.05, 0) is 57.5 Å². The Morgan fingerprint density at radius 2 is 1.60 bits per heavy atom. The highest BCUT2D eigenvalue weighted by atomic mass is 15.1. The van der Waals surface area contributed by atoms with E-state index in [4.69, 9.17) is 0 Å². The SMILES string of the molecule is CCN(C)CCc1c(C)cc(C)cc1C. The molecule has 0 spiro atoms. The standard InChI is InChI=1S/C14H23N/c1-6-15(5)8-7-14-12(3)9-11(2)10-13(14)4/h9-10H,6-8H2,1-5H3. The Balaban J connectivity index is 2.77. The number of hydrogen-bond donors (Lipinski definition) is 0. The molecule has 0 atom stereocenters. The molecule has 1 heteroatoms. The lowest BCUT2D eigenvalue weighted by atomic mass is 9.97. The molecule has 1 aromatic rings. The van der Waals surface area contributed by atoms with Gasteiger partial charge in [0.15, 0.2) is 0 Å². The van der Waals surface area contributed by atoms with Gasteiger partial charge in [0.05, 0.1) is 0 Å². The smallest absolute Gasteiger partial charge is 0.00189 e. The molecule has 84 valence electrons. The molecule has 0 N–H and O–H groups in total. The van der Waals surface area contributed by atoms with Crippen LogP contribution in [0.15, 0.2) is 12.1 Å². The Morgan fingerprint density at radius 1 is 1.07 bits per heavy atom. The van der Waals surface area contributed by atoms with Gasteiger partial charge in [-0.1, -0.05) is 24.6 Å². The molecule has 0 aromatic heterocycles. The number of aryl methyl sites for hydroxylation is 3. The molecule has 0 aliphatic heterocycles. The molecule has 0 saturated carbocycles. The van der Waals surface area contributed by atoms with Crippen molar-refractivity contribution in [2.24, 2.45) is 0 Å². The molecule has 0 fully saturated rings. The maximum atomic E-state index is 2.36. The van der Waals surface area contributed by atoms with E-state index in [1.807, 2.05) is 0 Å². The zero-order valence-corrected chi connectivity index (χ0v) is 10.7. The van der Waals surface area contributed by atoms with Crippen LogP contribution in [0.3, 0.4) is 0 Å². The highest BCUT2D eigenvalue weighted by Gasteiger charge is 2.04. The van der Waals surface area contributed by atoms with Gasteiger partial charge in [0.25, 0.3) is 0 Å². The largest absolute Gasteiger partial charge is 0.306 e. The van der Waals surface area contributed by atoms with Gasteiger partial charge in [0.1, 0.15) is 0 Å². The molecular formula is C14H23N. The molecule has 0 bridgehead atoms. The van der Waals surface area contributed by atoms with E-state index in [0.29, 0.717) is 0 Å². The van der Waals surface area contributed by atoms with Crippen LogP contribution in [0.25, 0.3) is 0 Å². The van der Waals surface area contributed by atoms with Crippen molar-refractivity contribution in [1.82, 2.24) is 4.90 Å². The number of rotatable bonds is 4. The first-order chi connectivity index (χ1) is 7.04. The van der Waals surface area contributed by atoms with E-state index < -0.39 is 0 Å². The maximum Gasteiger partial charge on any atom is 0.00189 e. The molecule has 1 nitrogen and oxygen atoms in total. The highest BCUT2D eigenvalue weighted by molar-refractivity contribution is 5.37. The molecule has 0 unspecified atom stereocenters. The van der Waals surface area contributed by atoms with Crippen LogP contribution in [0, 0.1) is 20.8 Å². The fraction of sp³-hybridized carbons (Fsp3) is 0.571. The summed E-state index contributed by atoms with van der Waals surface area (Å²) in [4.78, 5) is 2.36. The monoisotopic (exact) mass is 205 g/mol. The van der Waals surface area contributed by atoms with E-state index in [9.17, 15) is 0 Å². The average Bonchev–Trinajstić information content (AvgIpc) is 2.15. The van der Waals surface area contributed by atoms with E-state index >= 15 is 0 Å². The van der Waals surface area contributed by atoms with Crippen LogP contribution in [0.5, 0.6) is 0 Å². The number of benzene rings is 1. The number of likely N-dealkylation sites (N-methyl/N-ethyl adjacent to an activating group) is 1. The fourth-order valence-corrected chi connectivity index (χ4v) is 2.07. The minimum atomic E-state index is 1.13. The third-order valence-electron chi connectivity index (χ3n) is 3.12. The predicted molar refractivity (Wildman–Crippen MR) is 67.5 cm³/mol. The first kappa shape index (κ1) is 12.3. The summed E-state index contributed by atoms with van der Waals surface area (Å²) < 4.78 is 0. The fourth-order valence-electron chi connectivity index (χ4n) is 2.07. The van der Waals surface area contributed by atoms with Gasteiger partial charge in [-0.2, -0.15) is 0 Å². The predicted octanol–water partition coefficient (Wildman–Crippen LogP) is 3.11. The summed E-state index contributed by atoms with van der Waals surface area (Å²) in [5.41, 5.74) is 5.78.